The van der Waals surface area contributed by atoms with Gasteiger partial charge in [-0.1, -0.05) is 35.9 Å². The van der Waals surface area contributed by atoms with Gasteiger partial charge in [0.25, 0.3) is 11.8 Å². The molecule has 3 aromatic heterocycles. The van der Waals surface area contributed by atoms with Gasteiger partial charge in [0.05, 0.1) is 90.8 Å². The third-order valence-corrected chi connectivity index (χ3v) is 14.1. The summed E-state index contributed by atoms with van der Waals surface area (Å²) in [6.45, 7) is 13.3. The summed E-state index contributed by atoms with van der Waals surface area (Å²) in [6.07, 6.45) is 20.5. The summed E-state index contributed by atoms with van der Waals surface area (Å²) >= 11 is 0. The standard InChI is InChI=1S/C56H67N9O12/c1-38-9-11-46-43(24-38)29-60-34-50(55(71-3)48(60)32-64(46)69)76-36-40-26-41(37-77-51-35-61-30-44-25-39(2)10-12-47(44)65(70)33-49(61)56(51)72-4)28-42(27-40)45-31-62(59-58-45)17-19-74-21-23-75-22-20-73-18-15-57-52(66)8-6-5-7-16-63-53(67)13-14-54(63)68/h11-14,26-28,31-35,43-44H,1-2,5-10,15-25,29-30,36-37H2,3-4H3,(H,57,66). The molecule has 9 rings (SSSR count). The van der Waals surface area contributed by atoms with Crippen LogP contribution < -0.4 is 24.3 Å². The predicted octanol–water partition coefficient (Wildman–Crippen LogP) is 5.96. The van der Waals surface area contributed by atoms with Crippen LogP contribution >= 0.6 is 0 Å². The number of rotatable bonds is 27. The second-order valence-electron chi connectivity index (χ2n) is 19.6. The lowest BCUT2D eigenvalue weighted by molar-refractivity contribution is -0.405. The van der Waals surface area contributed by atoms with Crippen molar-refractivity contribution in [3.63, 3.8) is 0 Å². The number of benzene rings is 1. The lowest BCUT2D eigenvalue weighted by atomic mass is 9.89. The van der Waals surface area contributed by atoms with Crippen molar-refractivity contribution in [1.29, 1.82) is 0 Å². The van der Waals surface area contributed by atoms with Crippen LogP contribution in [-0.4, -0.2) is 136 Å². The van der Waals surface area contributed by atoms with Crippen LogP contribution in [0, 0.1) is 22.3 Å². The van der Waals surface area contributed by atoms with E-state index in [4.69, 9.17) is 33.2 Å². The molecular formula is C56H67N9O12. The fourth-order valence-corrected chi connectivity index (χ4v) is 10.2. The average molecular weight is 1060 g/mol. The van der Waals surface area contributed by atoms with Gasteiger partial charge in [0, 0.05) is 50.3 Å². The smallest absolute Gasteiger partial charge is 0.253 e. The molecule has 0 bridgehead atoms. The van der Waals surface area contributed by atoms with E-state index in [-0.39, 0.29) is 42.8 Å². The number of ether oxygens (including phenoxy) is 7. The minimum atomic E-state index is -0.286. The third kappa shape index (κ3) is 13.4. The number of hydrogen-bond acceptors (Lipinski definition) is 14. The molecule has 0 fully saturated rings. The second-order valence-corrected chi connectivity index (χ2v) is 19.6. The molecule has 6 heterocycles. The first-order valence-corrected chi connectivity index (χ1v) is 26.2. The van der Waals surface area contributed by atoms with Crippen molar-refractivity contribution in [2.24, 2.45) is 11.8 Å². The van der Waals surface area contributed by atoms with E-state index in [0.29, 0.717) is 145 Å². The third-order valence-electron chi connectivity index (χ3n) is 14.1. The molecule has 77 heavy (non-hydrogen) atoms. The van der Waals surface area contributed by atoms with Crippen LogP contribution in [0.1, 0.15) is 73.9 Å². The quantitative estimate of drug-likeness (QED) is 0.0239. The molecule has 4 aromatic rings. The molecule has 1 aromatic carbocycles. The molecule has 1 N–H and O–H groups in total. The van der Waals surface area contributed by atoms with Crippen LogP contribution in [0.25, 0.3) is 11.3 Å². The van der Waals surface area contributed by atoms with Crippen molar-refractivity contribution in [2.75, 3.05) is 67.0 Å². The zero-order valence-electron chi connectivity index (χ0n) is 43.8. The van der Waals surface area contributed by atoms with E-state index in [1.807, 2.05) is 58.1 Å². The Balaban J connectivity index is 0.774. The Labute approximate surface area is 447 Å². The number of carbonyl (C=O) groups excluding carboxylic acids is 3. The molecule has 2 unspecified atom stereocenters. The highest BCUT2D eigenvalue weighted by molar-refractivity contribution is 6.12. The maximum Gasteiger partial charge on any atom is 0.253 e. The molecule has 21 heteroatoms. The Bertz CT molecular complexity index is 2860. The van der Waals surface area contributed by atoms with Crippen molar-refractivity contribution in [1.82, 2.24) is 34.3 Å². The van der Waals surface area contributed by atoms with E-state index in [2.05, 4.69) is 28.8 Å². The summed E-state index contributed by atoms with van der Waals surface area (Å²) in [5, 5.41) is 38.4. The van der Waals surface area contributed by atoms with Crippen molar-refractivity contribution in [3.05, 3.63) is 130 Å². The zero-order chi connectivity index (χ0) is 53.8. The van der Waals surface area contributed by atoms with Gasteiger partial charge in [-0.3, -0.25) is 19.3 Å². The van der Waals surface area contributed by atoms with Gasteiger partial charge in [-0.2, -0.15) is 9.48 Å². The van der Waals surface area contributed by atoms with E-state index in [9.17, 15) is 24.8 Å². The number of amides is 3. The summed E-state index contributed by atoms with van der Waals surface area (Å²) in [5.74, 6) is 1.26. The average Bonchev–Trinajstić information content (AvgIpc) is 4.19. The number of methoxy groups -OCH3 is 2. The predicted molar refractivity (Wildman–Crippen MR) is 283 cm³/mol. The summed E-state index contributed by atoms with van der Waals surface area (Å²) in [6, 6.07) is 5.99. The Hall–Kier alpha value is -7.75. The van der Waals surface area contributed by atoms with E-state index < -0.39 is 0 Å². The van der Waals surface area contributed by atoms with E-state index >= 15 is 0 Å². The van der Waals surface area contributed by atoms with Crippen LogP contribution in [0.2, 0.25) is 0 Å². The van der Waals surface area contributed by atoms with Gasteiger partial charge in [-0.05, 0) is 80.0 Å². The van der Waals surface area contributed by atoms with Crippen LogP contribution in [0.5, 0.6) is 23.0 Å². The lowest BCUT2D eigenvalue weighted by Gasteiger charge is -2.21. The topological polar surface area (TPSA) is 224 Å². The fourth-order valence-electron chi connectivity index (χ4n) is 10.2. The van der Waals surface area contributed by atoms with Gasteiger partial charge >= 0.3 is 0 Å². The molecule has 21 nitrogen and oxygen atoms in total. The Morgan fingerprint density at radius 1 is 0.714 bits per heavy atom. The maximum absolute atomic E-state index is 13.3. The molecule has 3 aliphatic heterocycles. The van der Waals surface area contributed by atoms with Gasteiger partial charge in [0.1, 0.15) is 18.9 Å². The van der Waals surface area contributed by atoms with Gasteiger partial charge in [-0.25, -0.2) is 4.68 Å². The van der Waals surface area contributed by atoms with Crippen molar-refractivity contribution >= 4 is 30.2 Å². The minimum Gasteiger partial charge on any atom is -0.618 e. The number of hydrogen-bond donors (Lipinski definition) is 1. The van der Waals surface area contributed by atoms with Crippen LogP contribution in [0.3, 0.4) is 0 Å². The van der Waals surface area contributed by atoms with Crippen molar-refractivity contribution in [3.8, 4) is 34.3 Å². The number of nitrogens with one attached hydrogen (secondary N) is 1. The SMILES string of the molecule is C=C1CC=C2C(C1)Cn1cc(OCc3cc(COc4cn5c(c4OC)C=[N+]([O-])C4=CCC(=C)CC4C5)cc(-c4cn(CCOCCOCCOCCNC(=O)CCCCCN5C(=O)C=CC5=O)nn4)c3)c(OC)c1C=[N+]2[O-]. The molecule has 408 valence electrons. The Morgan fingerprint density at radius 3 is 1.82 bits per heavy atom. The second kappa shape index (κ2) is 25.4. The molecule has 0 spiro atoms. The molecule has 2 aliphatic carbocycles. The fraction of sp³-hybridized carbons (Fsp3) is 0.446. The normalized spacial score (nSPS) is 17.8. The molecule has 5 aliphatic rings. The summed E-state index contributed by atoms with van der Waals surface area (Å²) in [4.78, 5) is 36.6. The van der Waals surface area contributed by atoms with Crippen LogP contribution in [0.4, 0.5) is 0 Å². The number of aromatic nitrogens is 5. The van der Waals surface area contributed by atoms with Crippen LogP contribution in [-0.2, 0) is 61.4 Å². The minimum absolute atomic E-state index is 0.0147. The molecule has 3 amide bonds. The number of nitrogens with zero attached hydrogens (tertiary/aromatic N) is 8. The van der Waals surface area contributed by atoms with E-state index in [1.54, 1.807) is 31.3 Å². The van der Waals surface area contributed by atoms with Gasteiger partial charge in [0.15, 0.2) is 45.8 Å². The first-order chi connectivity index (χ1) is 37.4. The van der Waals surface area contributed by atoms with E-state index in [1.165, 1.54) is 17.1 Å². The van der Waals surface area contributed by atoms with E-state index in [0.717, 1.165) is 68.0 Å². The number of fused-ring (bicyclic) bond motifs is 4. The summed E-state index contributed by atoms with van der Waals surface area (Å²) in [5.41, 5.74) is 7.96. The first kappa shape index (κ1) is 54.1. The number of imide groups is 1. The zero-order valence-corrected chi connectivity index (χ0v) is 43.8. The highest BCUT2D eigenvalue weighted by atomic mass is 16.5. The lowest BCUT2D eigenvalue weighted by Crippen LogP contribution is -2.31. The highest BCUT2D eigenvalue weighted by Gasteiger charge is 2.34. The van der Waals surface area contributed by atoms with Gasteiger partial charge in [0.2, 0.25) is 18.3 Å². The molecule has 0 saturated carbocycles. The van der Waals surface area contributed by atoms with Crippen molar-refractivity contribution in [2.45, 2.75) is 84.2 Å². The van der Waals surface area contributed by atoms with Crippen LogP contribution in [0.15, 0.2) is 96.8 Å². The van der Waals surface area contributed by atoms with Gasteiger partial charge in [-0.15, -0.1) is 5.10 Å². The van der Waals surface area contributed by atoms with Crippen molar-refractivity contribution < 1.29 is 57.0 Å². The molecule has 2 atom stereocenters. The largest absolute Gasteiger partial charge is 0.618 e. The monoisotopic (exact) mass is 1060 g/mol. The maximum atomic E-state index is 13.3. The number of carbonyl (C=O) groups is 3. The molecule has 0 saturated heterocycles. The summed E-state index contributed by atoms with van der Waals surface area (Å²) < 4.78 is 49.4. The summed E-state index contributed by atoms with van der Waals surface area (Å²) in [7, 11) is 3.14. The molecular weight excluding hydrogens is 991 g/mol. The first-order valence-electron chi connectivity index (χ1n) is 26.2. The molecule has 0 radical (unpaired) electrons. The number of allylic oxidation sites excluding steroid dienone is 6. The Kier molecular flexibility index (Phi) is 17.8. The van der Waals surface area contributed by atoms with Gasteiger partial charge < -0.3 is 58.0 Å². The number of unbranched alkanes of at least 4 members (excludes halogenated alkanes) is 2. The number of hydroxylamine groups is 2. The Morgan fingerprint density at radius 2 is 1.26 bits per heavy atom. The highest BCUT2D eigenvalue weighted by Crippen LogP contribution is 2.40.